The number of benzene rings is 1. The second-order valence-corrected chi connectivity index (χ2v) is 4.54. The molecule has 0 radical (unpaired) electrons. The van der Waals surface area contributed by atoms with Crippen LogP contribution in [0.25, 0.3) is 0 Å². The van der Waals surface area contributed by atoms with E-state index in [9.17, 15) is 14.7 Å². The van der Waals surface area contributed by atoms with E-state index in [1.54, 1.807) is 42.6 Å². The van der Waals surface area contributed by atoms with Gasteiger partial charge in [-0.2, -0.15) is 0 Å². The summed E-state index contributed by atoms with van der Waals surface area (Å²) in [7, 11) is 0. The van der Waals surface area contributed by atoms with Gasteiger partial charge in [0.2, 0.25) is 0 Å². The molecular formula is C14H12ClN3O3. The summed E-state index contributed by atoms with van der Waals surface area (Å²) in [4.78, 5) is 27.0. The van der Waals surface area contributed by atoms with E-state index in [0.717, 1.165) is 0 Å². The van der Waals surface area contributed by atoms with Crippen LogP contribution < -0.4 is 10.6 Å². The van der Waals surface area contributed by atoms with Crippen LogP contribution >= 0.6 is 11.6 Å². The molecule has 0 unspecified atom stereocenters. The average molecular weight is 306 g/mol. The van der Waals surface area contributed by atoms with Gasteiger partial charge >= 0.3 is 12.0 Å². The van der Waals surface area contributed by atoms with Crippen LogP contribution in [0, 0.1) is 0 Å². The Morgan fingerprint density at radius 1 is 1.19 bits per heavy atom. The molecule has 1 aromatic heterocycles. The molecule has 1 atom stereocenters. The molecule has 0 aliphatic carbocycles. The molecular weight excluding hydrogens is 294 g/mol. The molecule has 0 aliphatic rings. The second-order valence-electron chi connectivity index (χ2n) is 4.13. The van der Waals surface area contributed by atoms with Crippen LogP contribution in [-0.4, -0.2) is 22.1 Å². The van der Waals surface area contributed by atoms with Crippen LogP contribution in [-0.2, 0) is 4.79 Å². The van der Waals surface area contributed by atoms with Crippen LogP contribution in [0.4, 0.5) is 10.5 Å². The van der Waals surface area contributed by atoms with E-state index in [0.29, 0.717) is 11.3 Å². The number of amides is 2. The number of carboxylic acid groups (broad SMARTS) is 1. The van der Waals surface area contributed by atoms with Crippen molar-refractivity contribution in [2.24, 2.45) is 0 Å². The van der Waals surface area contributed by atoms with Crippen LogP contribution in [0.1, 0.15) is 11.6 Å². The highest BCUT2D eigenvalue weighted by atomic mass is 35.5. The number of carboxylic acids is 1. The number of carbonyl (C=O) groups is 2. The fourth-order valence-electron chi connectivity index (χ4n) is 1.72. The number of nitrogens with one attached hydrogen (secondary N) is 2. The maximum absolute atomic E-state index is 11.9. The lowest BCUT2D eigenvalue weighted by molar-refractivity contribution is -0.139. The number of nitrogens with zero attached hydrogens (tertiary/aromatic N) is 1. The molecule has 1 heterocycles. The summed E-state index contributed by atoms with van der Waals surface area (Å²) in [6.45, 7) is 0. The predicted molar refractivity (Wildman–Crippen MR) is 78.2 cm³/mol. The Morgan fingerprint density at radius 3 is 2.57 bits per heavy atom. The summed E-state index contributed by atoms with van der Waals surface area (Å²) in [5, 5.41) is 14.4. The lowest BCUT2D eigenvalue weighted by Crippen LogP contribution is -2.36. The smallest absolute Gasteiger partial charge is 0.331 e. The van der Waals surface area contributed by atoms with Gasteiger partial charge in [-0.25, -0.2) is 9.59 Å². The zero-order valence-corrected chi connectivity index (χ0v) is 11.5. The first kappa shape index (κ1) is 14.8. The van der Waals surface area contributed by atoms with Crippen molar-refractivity contribution in [2.45, 2.75) is 6.04 Å². The van der Waals surface area contributed by atoms with Gasteiger partial charge in [0, 0.05) is 16.8 Å². The van der Waals surface area contributed by atoms with Gasteiger partial charge in [-0.3, -0.25) is 4.98 Å². The van der Waals surface area contributed by atoms with E-state index in [4.69, 9.17) is 11.6 Å². The number of carbonyl (C=O) groups excluding carboxylic acids is 1. The summed E-state index contributed by atoms with van der Waals surface area (Å²) in [6.07, 6.45) is 3.01. The minimum atomic E-state index is -1.24. The van der Waals surface area contributed by atoms with E-state index >= 15 is 0 Å². The van der Waals surface area contributed by atoms with Crippen molar-refractivity contribution >= 4 is 29.3 Å². The molecule has 108 valence electrons. The van der Waals surface area contributed by atoms with Gasteiger partial charge in [0.15, 0.2) is 6.04 Å². The summed E-state index contributed by atoms with van der Waals surface area (Å²) >= 11 is 5.96. The van der Waals surface area contributed by atoms with Crippen LogP contribution in [0.5, 0.6) is 0 Å². The number of pyridine rings is 1. The Labute approximate surface area is 125 Å². The molecule has 2 aromatic rings. The van der Waals surface area contributed by atoms with Crippen molar-refractivity contribution in [2.75, 3.05) is 5.32 Å². The average Bonchev–Trinajstić information content (AvgIpc) is 2.46. The van der Waals surface area contributed by atoms with Crippen molar-refractivity contribution in [1.82, 2.24) is 10.3 Å². The highest BCUT2D eigenvalue weighted by Gasteiger charge is 2.24. The third kappa shape index (κ3) is 3.93. The van der Waals surface area contributed by atoms with Crippen molar-refractivity contribution in [3.05, 3.63) is 59.4 Å². The van der Waals surface area contributed by atoms with Crippen LogP contribution in [0.2, 0.25) is 5.02 Å². The molecule has 2 rings (SSSR count). The number of anilines is 1. The summed E-state index contributed by atoms with van der Waals surface area (Å²) in [5.74, 6) is -1.20. The molecule has 0 fully saturated rings. The number of aliphatic carboxylic acids is 1. The predicted octanol–water partition coefficient (Wildman–Crippen LogP) is 2.68. The molecule has 3 N–H and O–H groups in total. The molecule has 7 heteroatoms. The van der Waals surface area contributed by atoms with Gasteiger partial charge in [-0.1, -0.05) is 29.8 Å². The number of halogens is 1. The molecule has 0 saturated heterocycles. The van der Waals surface area contributed by atoms with E-state index < -0.39 is 18.0 Å². The highest BCUT2D eigenvalue weighted by molar-refractivity contribution is 6.31. The van der Waals surface area contributed by atoms with Crippen LogP contribution in [0.15, 0.2) is 48.8 Å². The van der Waals surface area contributed by atoms with Gasteiger partial charge in [0.05, 0.1) is 11.9 Å². The third-order valence-electron chi connectivity index (χ3n) is 2.66. The molecule has 2 amide bonds. The van der Waals surface area contributed by atoms with Crippen molar-refractivity contribution in [1.29, 1.82) is 0 Å². The molecule has 0 bridgehead atoms. The summed E-state index contributed by atoms with van der Waals surface area (Å²) < 4.78 is 0. The molecule has 6 nitrogen and oxygen atoms in total. The SMILES string of the molecule is O=C(Nc1cccnc1)N[C@@H](C(=O)O)c1ccccc1Cl. The first-order chi connectivity index (χ1) is 10.1. The number of rotatable bonds is 4. The third-order valence-corrected chi connectivity index (χ3v) is 3.00. The molecule has 21 heavy (non-hydrogen) atoms. The number of hydrogen-bond donors (Lipinski definition) is 3. The van der Waals surface area contributed by atoms with Gasteiger partial charge in [-0.05, 0) is 18.2 Å². The topological polar surface area (TPSA) is 91.3 Å². The Morgan fingerprint density at radius 2 is 1.95 bits per heavy atom. The van der Waals surface area contributed by atoms with Gasteiger partial charge in [-0.15, -0.1) is 0 Å². The quantitative estimate of drug-likeness (QED) is 0.810. The normalized spacial score (nSPS) is 11.5. The number of hydrogen-bond acceptors (Lipinski definition) is 3. The minimum absolute atomic E-state index is 0.270. The van der Waals surface area contributed by atoms with E-state index in [-0.39, 0.29) is 5.02 Å². The Balaban J connectivity index is 2.12. The number of aromatic nitrogens is 1. The zero-order chi connectivity index (χ0) is 15.2. The fourth-order valence-corrected chi connectivity index (χ4v) is 1.96. The highest BCUT2D eigenvalue weighted by Crippen LogP contribution is 2.23. The molecule has 1 aromatic carbocycles. The van der Waals surface area contributed by atoms with Crippen LogP contribution in [0.3, 0.4) is 0 Å². The van der Waals surface area contributed by atoms with E-state index in [2.05, 4.69) is 15.6 Å². The zero-order valence-electron chi connectivity index (χ0n) is 10.8. The van der Waals surface area contributed by atoms with Crippen molar-refractivity contribution < 1.29 is 14.7 Å². The number of urea groups is 1. The monoisotopic (exact) mass is 305 g/mol. The lowest BCUT2D eigenvalue weighted by atomic mass is 10.1. The first-order valence-electron chi connectivity index (χ1n) is 6.02. The Hall–Kier alpha value is -2.60. The standard InChI is InChI=1S/C14H12ClN3O3/c15-11-6-2-1-5-10(11)12(13(19)20)18-14(21)17-9-4-3-7-16-8-9/h1-8,12H,(H,19,20)(H2,17,18,21)/t12-/m1/s1. The van der Waals surface area contributed by atoms with Crippen molar-refractivity contribution in [3.8, 4) is 0 Å². The van der Waals surface area contributed by atoms with E-state index in [1.807, 2.05) is 0 Å². The fraction of sp³-hybridized carbons (Fsp3) is 0.0714. The Kier molecular flexibility index (Phi) is 4.73. The minimum Gasteiger partial charge on any atom is -0.479 e. The van der Waals surface area contributed by atoms with Gasteiger partial charge < -0.3 is 15.7 Å². The molecule has 0 aliphatic heterocycles. The largest absolute Gasteiger partial charge is 0.479 e. The summed E-state index contributed by atoms with van der Waals surface area (Å²) in [6, 6.07) is 7.83. The molecule has 0 spiro atoms. The summed E-state index contributed by atoms with van der Waals surface area (Å²) in [5.41, 5.74) is 0.770. The van der Waals surface area contributed by atoms with E-state index in [1.165, 1.54) is 6.20 Å². The molecule has 0 saturated carbocycles. The van der Waals surface area contributed by atoms with Gasteiger partial charge in [0.1, 0.15) is 0 Å². The second kappa shape index (κ2) is 6.71. The van der Waals surface area contributed by atoms with Gasteiger partial charge in [0.25, 0.3) is 0 Å². The first-order valence-corrected chi connectivity index (χ1v) is 6.40. The maximum Gasteiger partial charge on any atom is 0.331 e. The lowest BCUT2D eigenvalue weighted by Gasteiger charge is -2.16. The van der Waals surface area contributed by atoms with Crippen molar-refractivity contribution in [3.63, 3.8) is 0 Å². The Bertz CT molecular complexity index is 649. The maximum atomic E-state index is 11.9.